The summed E-state index contributed by atoms with van der Waals surface area (Å²) in [5.41, 5.74) is 7.65. The van der Waals surface area contributed by atoms with Crippen LogP contribution in [-0.2, 0) is 0 Å². The molecule has 158 valence electrons. The Morgan fingerprint density at radius 1 is 1.19 bits per heavy atom. The van der Waals surface area contributed by atoms with Gasteiger partial charge in [-0.1, -0.05) is 30.0 Å². The Labute approximate surface area is 184 Å². The van der Waals surface area contributed by atoms with Crippen molar-refractivity contribution in [3.8, 4) is 6.07 Å². The van der Waals surface area contributed by atoms with Gasteiger partial charge in [0.1, 0.15) is 16.9 Å². The maximum Gasteiger partial charge on any atom is 0.257 e. The van der Waals surface area contributed by atoms with E-state index in [1.807, 2.05) is 39.2 Å². The fourth-order valence-electron chi connectivity index (χ4n) is 2.70. The van der Waals surface area contributed by atoms with Crippen molar-refractivity contribution in [1.29, 1.82) is 5.26 Å². The van der Waals surface area contributed by atoms with E-state index in [2.05, 4.69) is 31.3 Å². The van der Waals surface area contributed by atoms with Crippen molar-refractivity contribution < 1.29 is 4.79 Å². The third kappa shape index (κ3) is 5.26. The van der Waals surface area contributed by atoms with Gasteiger partial charge in [0.05, 0.1) is 22.1 Å². The molecule has 1 amide bonds. The van der Waals surface area contributed by atoms with Crippen LogP contribution < -0.4 is 16.0 Å². The Bertz CT molecular complexity index is 1140. The van der Waals surface area contributed by atoms with E-state index < -0.39 is 0 Å². The predicted octanol–water partition coefficient (Wildman–Crippen LogP) is 3.20. The van der Waals surface area contributed by atoms with Crippen molar-refractivity contribution in [3.05, 3.63) is 59.0 Å². The summed E-state index contributed by atoms with van der Waals surface area (Å²) in [5.74, 6) is 0.736. The molecule has 0 radical (unpaired) electrons. The van der Waals surface area contributed by atoms with E-state index in [9.17, 15) is 10.1 Å². The van der Waals surface area contributed by atoms with Gasteiger partial charge in [0.25, 0.3) is 5.91 Å². The van der Waals surface area contributed by atoms with Crippen LogP contribution in [0.5, 0.6) is 0 Å². The first-order valence-electron chi connectivity index (χ1n) is 9.42. The summed E-state index contributed by atoms with van der Waals surface area (Å²) in [7, 11) is 3.63. The van der Waals surface area contributed by atoms with Crippen molar-refractivity contribution >= 4 is 35.3 Å². The minimum atomic E-state index is -0.321. The Kier molecular flexibility index (Phi) is 6.67. The van der Waals surface area contributed by atoms with Gasteiger partial charge >= 0.3 is 0 Å². The normalized spacial score (nSPS) is 11.5. The molecular formula is C21H22N8OS. The summed E-state index contributed by atoms with van der Waals surface area (Å²) in [6.07, 6.45) is 0. The molecular weight excluding hydrogens is 412 g/mol. The molecule has 2 aromatic heterocycles. The number of aromatic nitrogens is 4. The summed E-state index contributed by atoms with van der Waals surface area (Å²) in [6.45, 7) is 3.63. The van der Waals surface area contributed by atoms with Gasteiger partial charge in [-0.15, -0.1) is 0 Å². The number of anilines is 3. The summed E-state index contributed by atoms with van der Waals surface area (Å²) >= 11 is 1.32. The van der Waals surface area contributed by atoms with Gasteiger partial charge in [-0.2, -0.15) is 20.2 Å². The van der Waals surface area contributed by atoms with E-state index in [0.717, 1.165) is 0 Å². The highest BCUT2D eigenvalue weighted by Crippen LogP contribution is 2.35. The average molecular weight is 435 g/mol. The maximum atomic E-state index is 12.7. The second kappa shape index (κ2) is 9.40. The number of hydrogen-bond donors (Lipinski definition) is 2. The number of benzene rings is 1. The number of aryl methyl sites for hydroxylation is 1. The van der Waals surface area contributed by atoms with Gasteiger partial charge in [-0.3, -0.25) is 4.79 Å². The Balaban J connectivity index is 1.87. The number of carbonyl (C=O) groups excluding carboxylic acids is 1. The fourth-order valence-corrected chi connectivity index (χ4v) is 3.67. The molecule has 0 spiro atoms. The number of pyridine rings is 1. The topological polar surface area (TPSA) is 134 Å². The largest absolute Gasteiger partial charge is 0.368 e. The highest BCUT2D eigenvalue weighted by atomic mass is 32.2. The van der Waals surface area contributed by atoms with E-state index in [1.165, 1.54) is 11.8 Å². The van der Waals surface area contributed by atoms with Crippen molar-refractivity contribution in [2.24, 2.45) is 0 Å². The van der Waals surface area contributed by atoms with Gasteiger partial charge in [0.15, 0.2) is 0 Å². The molecule has 3 rings (SSSR count). The number of thioether (sulfide) groups is 1. The number of rotatable bonds is 6. The third-order valence-corrected chi connectivity index (χ3v) is 5.38. The molecule has 0 bridgehead atoms. The van der Waals surface area contributed by atoms with Gasteiger partial charge in [0, 0.05) is 19.8 Å². The number of nitrogens with zero attached hydrogens (tertiary/aromatic N) is 6. The molecule has 31 heavy (non-hydrogen) atoms. The Morgan fingerprint density at radius 2 is 1.90 bits per heavy atom. The van der Waals surface area contributed by atoms with Crippen LogP contribution in [0.25, 0.3) is 0 Å². The maximum absolute atomic E-state index is 12.7. The zero-order valence-corrected chi connectivity index (χ0v) is 18.4. The predicted molar refractivity (Wildman–Crippen MR) is 121 cm³/mol. The molecule has 10 heteroatoms. The second-order valence-corrected chi connectivity index (χ2v) is 8.24. The Hall–Kier alpha value is -3.71. The lowest BCUT2D eigenvalue weighted by Crippen LogP contribution is -2.17. The lowest BCUT2D eigenvalue weighted by atomic mass is 10.1. The highest BCUT2D eigenvalue weighted by Gasteiger charge is 2.20. The summed E-state index contributed by atoms with van der Waals surface area (Å²) in [5, 5.41) is 12.7. The van der Waals surface area contributed by atoms with Crippen LogP contribution in [-0.4, -0.2) is 39.9 Å². The first-order chi connectivity index (χ1) is 14.8. The monoisotopic (exact) mass is 434 g/mol. The first-order valence-corrected chi connectivity index (χ1v) is 10.3. The summed E-state index contributed by atoms with van der Waals surface area (Å²) in [6, 6.07) is 12.8. The van der Waals surface area contributed by atoms with Gasteiger partial charge in [0.2, 0.25) is 11.9 Å². The molecule has 1 aromatic carbocycles. The number of nitrogens with one attached hydrogen (secondary N) is 1. The number of nitriles is 1. The van der Waals surface area contributed by atoms with E-state index in [4.69, 9.17) is 5.73 Å². The second-order valence-electron chi connectivity index (χ2n) is 6.91. The fraction of sp³-hybridized carbons (Fsp3) is 0.238. The molecule has 1 atom stereocenters. The zero-order valence-electron chi connectivity index (χ0n) is 17.6. The standard InChI is InChI=1S/C21H22N8OS/c1-12-16(18(30)25-15-8-6-5-7-9-15)10-14(11-22)19(24-12)31-13(2)17-26-20(23)28-21(27-17)29(3)4/h5-10,13H,1-4H3,(H,25,30)(H2,23,26,27,28)/t13-/m1/s1. The summed E-state index contributed by atoms with van der Waals surface area (Å²) < 4.78 is 0. The minimum Gasteiger partial charge on any atom is -0.368 e. The van der Waals surface area contributed by atoms with E-state index in [0.29, 0.717) is 39.3 Å². The van der Waals surface area contributed by atoms with Crippen LogP contribution in [0.15, 0.2) is 41.4 Å². The zero-order chi connectivity index (χ0) is 22.5. The molecule has 0 unspecified atom stereocenters. The molecule has 0 saturated heterocycles. The van der Waals surface area contributed by atoms with Crippen LogP contribution in [0.4, 0.5) is 17.6 Å². The SMILES string of the molecule is Cc1nc(S[C@H](C)c2nc(N)nc(N(C)C)n2)c(C#N)cc1C(=O)Nc1ccccc1. The third-order valence-electron chi connectivity index (χ3n) is 4.29. The molecule has 0 fully saturated rings. The van der Waals surface area contributed by atoms with Gasteiger partial charge in [-0.25, -0.2) is 4.98 Å². The van der Waals surface area contributed by atoms with Crippen LogP contribution >= 0.6 is 11.8 Å². The number of nitrogens with two attached hydrogens (primary N) is 1. The molecule has 0 aliphatic carbocycles. The number of para-hydroxylation sites is 1. The number of hydrogen-bond acceptors (Lipinski definition) is 9. The van der Waals surface area contributed by atoms with Gasteiger partial charge < -0.3 is 16.0 Å². The van der Waals surface area contributed by atoms with Gasteiger partial charge in [-0.05, 0) is 32.0 Å². The molecule has 0 aliphatic rings. The molecule has 0 saturated carbocycles. The first kappa shape index (κ1) is 22.0. The minimum absolute atomic E-state index is 0.124. The van der Waals surface area contributed by atoms with Crippen LogP contribution in [0.1, 0.15) is 39.6 Å². The Morgan fingerprint density at radius 3 is 2.55 bits per heavy atom. The number of amides is 1. The van der Waals surface area contributed by atoms with Crippen LogP contribution in [0.3, 0.4) is 0 Å². The molecule has 9 nitrogen and oxygen atoms in total. The summed E-state index contributed by atoms with van der Waals surface area (Å²) in [4.78, 5) is 31.7. The van der Waals surface area contributed by atoms with Crippen LogP contribution in [0.2, 0.25) is 0 Å². The van der Waals surface area contributed by atoms with Crippen molar-refractivity contribution in [2.45, 2.75) is 24.1 Å². The lowest BCUT2D eigenvalue weighted by molar-refractivity contribution is 0.102. The molecule has 2 heterocycles. The average Bonchev–Trinajstić information content (AvgIpc) is 2.74. The number of carbonyl (C=O) groups is 1. The van der Waals surface area contributed by atoms with Crippen molar-refractivity contribution in [1.82, 2.24) is 19.9 Å². The smallest absolute Gasteiger partial charge is 0.257 e. The van der Waals surface area contributed by atoms with Crippen LogP contribution in [0, 0.1) is 18.3 Å². The van der Waals surface area contributed by atoms with Crippen molar-refractivity contribution in [2.75, 3.05) is 30.0 Å². The molecule has 3 N–H and O–H groups in total. The van der Waals surface area contributed by atoms with E-state index in [1.54, 1.807) is 30.0 Å². The molecule has 3 aromatic rings. The molecule has 0 aliphatic heterocycles. The quantitative estimate of drug-likeness (QED) is 0.561. The van der Waals surface area contributed by atoms with Crippen molar-refractivity contribution in [3.63, 3.8) is 0 Å². The van der Waals surface area contributed by atoms with E-state index in [-0.39, 0.29) is 17.1 Å². The lowest BCUT2D eigenvalue weighted by Gasteiger charge is -2.15. The highest BCUT2D eigenvalue weighted by molar-refractivity contribution is 7.99. The number of nitrogen functional groups attached to an aromatic ring is 1. The van der Waals surface area contributed by atoms with E-state index >= 15 is 0 Å².